The van der Waals surface area contributed by atoms with Crippen LogP contribution in [0.15, 0.2) is 53.8 Å². The number of hydrogen-bond donors (Lipinski definition) is 2. The third-order valence-corrected chi connectivity index (χ3v) is 4.42. The SMILES string of the molecule is CC(C)[C@H](NCc1ccc(-c2ccccc2-c2nnnn2N=O)cc1)C(=O)O. The first-order chi connectivity index (χ1) is 13.5. The summed E-state index contributed by atoms with van der Waals surface area (Å²) < 4.78 is 0. The van der Waals surface area contributed by atoms with Gasteiger partial charge in [0.1, 0.15) is 6.04 Å². The van der Waals surface area contributed by atoms with Crippen molar-refractivity contribution in [3.8, 4) is 22.5 Å². The minimum Gasteiger partial charge on any atom is -0.480 e. The van der Waals surface area contributed by atoms with Gasteiger partial charge in [0.25, 0.3) is 0 Å². The van der Waals surface area contributed by atoms with Crippen LogP contribution >= 0.6 is 0 Å². The molecule has 0 unspecified atom stereocenters. The normalized spacial score (nSPS) is 12.1. The summed E-state index contributed by atoms with van der Waals surface area (Å²) in [5.74, 6) is -0.610. The Balaban J connectivity index is 1.83. The van der Waals surface area contributed by atoms with E-state index in [0.717, 1.165) is 21.5 Å². The van der Waals surface area contributed by atoms with E-state index in [0.29, 0.717) is 12.1 Å². The lowest BCUT2D eigenvalue weighted by molar-refractivity contribution is -0.140. The summed E-state index contributed by atoms with van der Waals surface area (Å²) in [5, 5.41) is 26.1. The second-order valence-corrected chi connectivity index (χ2v) is 6.66. The summed E-state index contributed by atoms with van der Waals surface area (Å²) in [6.45, 7) is 4.19. The maximum Gasteiger partial charge on any atom is 0.320 e. The highest BCUT2D eigenvalue weighted by Crippen LogP contribution is 2.30. The van der Waals surface area contributed by atoms with E-state index in [1.165, 1.54) is 0 Å². The number of benzene rings is 2. The average molecular weight is 380 g/mol. The maximum absolute atomic E-state index is 11.3. The number of carboxylic acids is 1. The van der Waals surface area contributed by atoms with Crippen molar-refractivity contribution in [2.24, 2.45) is 11.2 Å². The number of nitrogens with zero attached hydrogens (tertiary/aromatic N) is 5. The van der Waals surface area contributed by atoms with Gasteiger partial charge in [-0.25, -0.2) is 0 Å². The summed E-state index contributed by atoms with van der Waals surface area (Å²) >= 11 is 0. The molecule has 0 radical (unpaired) electrons. The van der Waals surface area contributed by atoms with Crippen LogP contribution in [0, 0.1) is 10.8 Å². The molecule has 0 spiro atoms. The first kappa shape index (κ1) is 19.3. The summed E-state index contributed by atoms with van der Waals surface area (Å²) in [5.41, 5.74) is 3.42. The van der Waals surface area contributed by atoms with Crippen LogP contribution in [0.2, 0.25) is 0 Å². The number of carbonyl (C=O) groups is 1. The summed E-state index contributed by atoms with van der Waals surface area (Å²) in [6.07, 6.45) is 0. The second-order valence-electron chi connectivity index (χ2n) is 6.66. The van der Waals surface area contributed by atoms with E-state index in [9.17, 15) is 14.8 Å². The van der Waals surface area contributed by atoms with Crippen LogP contribution in [-0.4, -0.2) is 37.4 Å². The summed E-state index contributed by atoms with van der Waals surface area (Å²) in [7, 11) is 0. The van der Waals surface area contributed by atoms with Crippen molar-refractivity contribution in [3.63, 3.8) is 0 Å². The molecular weight excluding hydrogens is 360 g/mol. The monoisotopic (exact) mass is 380 g/mol. The van der Waals surface area contributed by atoms with Crippen LogP contribution < -0.4 is 5.32 Å². The molecule has 0 amide bonds. The molecule has 3 aromatic rings. The van der Waals surface area contributed by atoms with Crippen molar-refractivity contribution < 1.29 is 9.90 Å². The fraction of sp³-hybridized carbons (Fsp3) is 0.263. The number of nitroso groups, excluding NO2 is 1. The highest BCUT2D eigenvalue weighted by molar-refractivity contribution is 5.80. The fourth-order valence-corrected chi connectivity index (χ4v) is 2.97. The van der Waals surface area contributed by atoms with Gasteiger partial charge in [-0.2, -0.15) is 0 Å². The van der Waals surface area contributed by atoms with Crippen molar-refractivity contribution in [2.45, 2.75) is 26.4 Å². The maximum atomic E-state index is 11.3. The van der Waals surface area contributed by atoms with E-state index < -0.39 is 12.0 Å². The second kappa shape index (κ2) is 8.49. The molecule has 0 aliphatic carbocycles. The molecule has 0 aliphatic rings. The number of nitrogens with one attached hydrogen (secondary N) is 1. The molecule has 0 saturated carbocycles. The first-order valence-corrected chi connectivity index (χ1v) is 8.78. The average Bonchev–Trinajstić information content (AvgIpc) is 3.17. The van der Waals surface area contributed by atoms with E-state index in [-0.39, 0.29) is 11.7 Å². The molecule has 144 valence electrons. The van der Waals surface area contributed by atoms with Gasteiger partial charge in [-0.1, -0.05) is 67.2 Å². The lowest BCUT2D eigenvalue weighted by atomic mass is 9.98. The van der Waals surface area contributed by atoms with Crippen molar-refractivity contribution in [1.82, 2.24) is 25.6 Å². The molecule has 0 aliphatic heterocycles. The highest BCUT2D eigenvalue weighted by atomic mass is 16.4. The largest absolute Gasteiger partial charge is 0.480 e. The van der Waals surface area contributed by atoms with Gasteiger partial charge >= 0.3 is 5.97 Å². The quantitative estimate of drug-likeness (QED) is 0.576. The predicted octanol–water partition coefficient (Wildman–Crippen LogP) is 2.74. The molecule has 0 saturated heterocycles. The number of aromatic nitrogens is 4. The number of hydrogen-bond acceptors (Lipinski definition) is 7. The van der Waals surface area contributed by atoms with Gasteiger partial charge < -0.3 is 10.4 Å². The zero-order valence-electron chi connectivity index (χ0n) is 15.5. The lowest BCUT2D eigenvalue weighted by Gasteiger charge is -2.18. The Hall–Kier alpha value is -3.46. The van der Waals surface area contributed by atoms with E-state index in [1.807, 2.05) is 62.4 Å². The van der Waals surface area contributed by atoms with Crippen LogP contribution in [-0.2, 0) is 11.3 Å². The first-order valence-electron chi connectivity index (χ1n) is 8.78. The molecule has 2 N–H and O–H groups in total. The van der Waals surface area contributed by atoms with Gasteiger partial charge in [0.05, 0.1) is 5.29 Å². The molecule has 3 rings (SSSR count). The van der Waals surface area contributed by atoms with E-state index in [2.05, 4.69) is 26.1 Å². The Labute approximate surface area is 161 Å². The Morgan fingerprint density at radius 3 is 2.43 bits per heavy atom. The van der Waals surface area contributed by atoms with Gasteiger partial charge in [0.2, 0.25) is 5.82 Å². The van der Waals surface area contributed by atoms with Crippen LogP contribution in [0.5, 0.6) is 0 Å². The molecule has 1 atom stereocenters. The predicted molar refractivity (Wildman–Crippen MR) is 103 cm³/mol. The number of carboxylic acid groups (broad SMARTS) is 1. The summed E-state index contributed by atoms with van der Waals surface area (Å²) in [4.78, 5) is 23.0. The Morgan fingerprint density at radius 2 is 1.82 bits per heavy atom. The summed E-state index contributed by atoms with van der Waals surface area (Å²) in [6, 6.07) is 14.6. The van der Waals surface area contributed by atoms with E-state index >= 15 is 0 Å². The molecule has 2 aromatic carbocycles. The van der Waals surface area contributed by atoms with Gasteiger partial charge in [-0.3, -0.25) is 4.79 Å². The molecule has 9 nitrogen and oxygen atoms in total. The molecule has 0 bridgehead atoms. The molecule has 9 heteroatoms. The van der Waals surface area contributed by atoms with Crippen LogP contribution in [0.4, 0.5) is 0 Å². The standard InChI is InChI=1S/C19H20N6O3/c1-12(2)17(19(26)27)20-11-13-7-9-14(10-8-13)15-5-3-4-6-16(15)18-21-22-23-25(18)24-28/h3-10,12,17,20H,11H2,1-2H3,(H,26,27)/t17-/m0/s1. The van der Waals surface area contributed by atoms with Crippen molar-refractivity contribution in [3.05, 3.63) is 59.0 Å². The Morgan fingerprint density at radius 1 is 1.14 bits per heavy atom. The third kappa shape index (κ3) is 4.09. The van der Waals surface area contributed by atoms with Gasteiger partial charge in [0, 0.05) is 12.1 Å². The Bertz CT molecular complexity index is 968. The number of tetrazole rings is 1. The third-order valence-electron chi connectivity index (χ3n) is 4.42. The molecule has 28 heavy (non-hydrogen) atoms. The van der Waals surface area contributed by atoms with Crippen molar-refractivity contribution in [2.75, 3.05) is 0 Å². The van der Waals surface area contributed by atoms with Gasteiger partial charge in [-0.05, 0) is 33.0 Å². The zero-order valence-corrected chi connectivity index (χ0v) is 15.5. The van der Waals surface area contributed by atoms with Crippen LogP contribution in [0.1, 0.15) is 19.4 Å². The smallest absolute Gasteiger partial charge is 0.320 e. The minimum absolute atomic E-state index is 0.0129. The van der Waals surface area contributed by atoms with Gasteiger partial charge in [0.15, 0.2) is 0 Å². The van der Waals surface area contributed by atoms with Crippen LogP contribution in [0.25, 0.3) is 22.5 Å². The minimum atomic E-state index is -0.859. The number of rotatable bonds is 8. The Kier molecular flexibility index (Phi) is 5.85. The van der Waals surface area contributed by atoms with E-state index in [4.69, 9.17) is 0 Å². The topological polar surface area (TPSA) is 122 Å². The molecule has 1 aromatic heterocycles. The molecule has 0 fully saturated rings. The lowest BCUT2D eigenvalue weighted by Crippen LogP contribution is -2.40. The zero-order chi connectivity index (χ0) is 20.1. The molecule has 1 heterocycles. The van der Waals surface area contributed by atoms with Crippen LogP contribution in [0.3, 0.4) is 0 Å². The van der Waals surface area contributed by atoms with Crippen molar-refractivity contribution >= 4 is 5.97 Å². The highest BCUT2D eigenvalue weighted by Gasteiger charge is 2.20. The molecular formula is C19H20N6O3. The van der Waals surface area contributed by atoms with Gasteiger partial charge in [-0.15, -0.1) is 10.0 Å². The number of aliphatic carboxylic acids is 1. The van der Waals surface area contributed by atoms with E-state index in [1.54, 1.807) is 0 Å². The van der Waals surface area contributed by atoms with Crippen molar-refractivity contribution in [1.29, 1.82) is 0 Å². The fourth-order valence-electron chi connectivity index (χ4n) is 2.97.